The number of nitrogens with one attached hydrogen (secondary N) is 3. The van der Waals surface area contributed by atoms with Crippen LogP contribution in [0.1, 0.15) is 27.5 Å². The molecule has 0 fully saturated rings. The number of aliphatic hydroxyl groups is 1. The van der Waals surface area contributed by atoms with Gasteiger partial charge in [0.15, 0.2) is 0 Å². The number of carbonyl (C=O) groups is 2. The fourth-order valence-electron chi connectivity index (χ4n) is 2.91. The van der Waals surface area contributed by atoms with Crippen molar-refractivity contribution in [3.63, 3.8) is 0 Å². The molecule has 3 rings (SSSR count). The van der Waals surface area contributed by atoms with E-state index in [0.717, 1.165) is 11.1 Å². The van der Waals surface area contributed by atoms with Gasteiger partial charge in [0.25, 0.3) is 5.91 Å². The van der Waals surface area contributed by atoms with Gasteiger partial charge in [0.2, 0.25) is 0 Å². The smallest absolute Gasteiger partial charge is 0.319 e. The third-order valence-corrected chi connectivity index (χ3v) is 4.12. The van der Waals surface area contributed by atoms with E-state index < -0.39 is 18.2 Å². The highest BCUT2D eigenvalue weighted by Crippen LogP contribution is 2.31. The number of hydrogen-bond donors (Lipinski definition) is 4. The zero-order valence-electron chi connectivity index (χ0n) is 13.2. The number of benzene rings is 2. The van der Waals surface area contributed by atoms with Crippen molar-refractivity contribution in [1.29, 1.82) is 0 Å². The van der Waals surface area contributed by atoms with Crippen molar-refractivity contribution in [1.82, 2.24) is 10.6 Å². The third-order valence-electron chi connectivity index (χ3n) is 4.12. The zero-order valence-corrected chi connectivity index (χ0v) is 13.2. The first kappa shape index (κ1) is 16.0. The molecule has 0 heterocycles. The van der Waals surface area contributed by atoms with Gasteiger partial charge in [0, 0.05) is 24.7 Å². The van der Waals surface area contributed by atoms with Crippen LogP contribution in [0.3, 0.4) is 0 Å². The number of aliphatic hydroxyl groups excluding tert-OH is 1. The first-order valence-corrected chi connectivity index (χ1v) is 7.74. The molecule has 0 unspecified atom stereocenters. The second-order valence-corrected chi connectivity index (χ2v) is 5.70. The Hall–Kier alpha value is -2.86. The summed E-state index contributed by atoms with van der Waals surface area (Å²) in [5.74, 6) is -0.184. The predicted molar refractivity (Wildman–Crippen MR) is 90.9 cm³/mol. The lowest BCUT2D eigenvalue weighted by Gasteiger charge is -2.18. The molecule has 0 spiro atoms. The van der Waals surface area contributed by atoms with Gasteiger partial charge < -0.3 is 21.1 Å². The normalized spacial score (nSPS) is 18.6. The molecule has 0 aliphatic heterocycles. The highest BCUT2D eigenvalue weighted by Gasteiger charge is 2.31. The topological polar surface area (TPSA) is 90.5 Å². The van der Waals surface area contributed by atoms with Crippen LogP contribution in [0.5, 0.6) is 0 Å². The Bertz CT molecular complexity index is 758. The van der Waals surface area contributed by atoms with E-state index in [0.29, 0.717) is 17.7 Å². The molecule has 0 bridgehead atoms. The Kier molecular flexibility index (Phi) is 4.48. The van der Waals surface area contributed by atoms with E-state index in [2.05, 4.69) is 16.0 Å². The number of amides is 3. The van der Waals surface area contributed by atoms with Crippen LogP contribution in [-0.4, -0.2) is 30.2 Å². The molecule has 2 aromatic rings. The van der Waals surface area contributed by atoms with Crippen LogP contribution in [0.25, 0.3) is 0 Å². The molecule has 0 saturated heterocycles. The molecular weight excluding hydrogens is 306 g/mol. The maximum Gasteiger partial charge on any atom is 0.319 e. The van der Waals surface area contributed by atoms with Gasteiger partial charge in [-0.15, -0.1) is 0 Å². The van der Waals surface area contributed by atoms with Gasteiger partial charge in [-0.05, 0) is 35.4 Å². The van der Waals surface area contributed by atoms with Crippen LogP contribution >= 0.6 is 0 Å². The summed E-state index contributed by atoms with van der Waals surface area (Å²) in [4.78, 5) is 23.7. The Morgan fingerprint density at radius 2 is 1.79 bits per heavy atom. The summed E-state index contributed by atoms with van der Waals surface area (Å²) < 4.78 is 0. The van der Waals surface area contributed by atoms with Gasteiger partial charge in [-0.2, -0.15) is 0 Å². The third kappa shape index (κ3) is 3.23. The number of fused-ring (bicyclic) bond motifs is 1. The lowest BCUT2D eigenvalue weighted by atomic mass is 10.1. The van der Waals surface area contributed by atoms with E-state index in [4.69, 9.17) is 0 Å². The predicted octanol–water partition coefficient (Wildman–Crippen LogP) is 1.83. The molecule has 0 aromatic heterocycles. The van der Waals surface area contributed by atoms with Gasteiger partial charge in [0.05, 0.1) is 12.1 Å². The highest BCUT2D eigenvalue weighted by molar-refractivity contribution is 5.95. The van der Waals surface area contributed by atoms with E-state index in [1.54, 1.807) is 31.3 Å². The molecule has 0 radical (unpaired) electrons. The average Bonchev–Trinajstić information content (AvgIpc) is 2.90. The molecule has 6 nitrogen and oxygen atoms in total. The summed E-state index contributed by atoms with van der Waals surface area (Å²) in [6, 6.07) is 13.4. The first-order chi connectivity index (χ1) is 11.6. The summed E-state index contributed by atoms with van der Waals surface area (Å²) in [5, 5.41) is 18.2. The number of urea groups is 1. The number of anilines is 1. The minimum Gasteiger partial charge on any atom is -0.390 e. The van der Waals surface area contributed by atoms with E-state index in [1.165, 1.54) is 0 Å². The quantitative estimate of drug-likeness (QED) is 0.694. The second-order valence-electron chi connectivity index (χ2n) is 5.70. The summed E-state index contributed by atoms with van der Waals surface area (Å²) in [6.45, 7) is 0. The van der Waals surface area contributed by atoms with Gasteiger partial charge in [-0.1, -0.05) is 24.3 Å². The monoisotopic (exact) mass is 325 g/mol. The van der Waals surface area contributed by atoms with Crippen molar-refractivity contribution in [2.24, 2.45) is 0 Å². The summed E-state index contributed by atoms with van der Waals surface area (Å²) in [6.07, 6.45) is -0.106. The SMILES string of the molecule is CNC(=O)c1ccc(NC(=O)N[C@H]2c3ccccc3C[C@H]2O)cc1. The van der Waals surface area contributed by atoms with Crippen molar-refractivity contribution in [2.75, 3.05) is 12.4 Å². The summed E-state index contributed by atoms with van der Waals surface area (Å²) in [7, 11) is 1.56. The number of hydrogen-bond acceptors (Lipinski definition) is 3. The van der Waals surface area contributed by atoms with Crippen LogP contribution in [0.2, 0.25) is 0 Å². The van der Waals surface area contributed by atoms with E-state index in [1.807, 2.05) is 24.3 Å². The molecule has 124 valence electrons. The molecule has 6 heteroatoms. The lowest BCUT2D eigenvalue weighted by Crippen LogP contribution is -2.36. The Balaban J connectivity index is 1.65. The molecule has 24 heavy (non-hydrogen) atoms. The fourth-order valence-corrected chi connectivity index (χ4v) is 2.91. The Morgan fingerprint density at radius 1 is 1.08 bits per heavy atom. The zero-order chi connectivity index (χ0) is 17.1. The molecule has 1 aliphatic carbocycles. The van der Waals surface area contributed by atoms with E-state index in [9.17, 15) is 14.7 Å². The van der Waals surface area contributed by atoms with Crippen molar-refractivity contribution < 1.29 is 14.7 Å². The number of carbonyl (C=O) groups excluding carboxylic acids is 2. The highest BCUT2D eigenvalue weighted by atomic mass is 16.3. The molecule has 4 N–H and O–H groups in total. The van der Waals surface area contributed by atoms with E-state index in [-0.39, 0.29) is 5.91 Å². The van der Waals surface area contributed by atoms with Gasteiger partial charge in [0.1, 0.15) is 0 Å². The van der Waals surface area contributed by atoms with Gasteiger partial charge in [-0.3, -0.25) is 4.79 Å². The van der Waals surface area contributed by atoms with Crippen LogP contribution in [-0.2, 0) is 6.42 Å². The largest absolute Gasteiger partial charge is 0.390 e. The number of rotatable bonds is 3. The summed E-state index contributed by atoms with van der Waals surface area (Å²) >= 11 is 0. The minimum absolute atomic E-state index is 0.184. The van der Waals surface area contributed by atoms with Crippen molar-refractivity contribution >= 4 is 17.6 Å². The molecule has 1 aliphatic rings. The van der Waals surface area contributed by atoms with Crippen LogP contribution < -0.4 is 16.0 Å². The van der Waals surface area contributed by atoms with Crippen LogP contribution in [0, 0.1) is 0 Å². The maximum absolute atomic E-state index is 12.2. The molecule has 2 atom stereocenters. The Labute approximate surface area is 139 Å². The minimum atomic E-state index is -0.635. The van der Waals surface area contributed by atoms with Crippen molar-refractivity contribution in [3.8, 4) is 0 Å². The van der Waals surface area contributed by atoms with Crippen molar-refractivity contribution in [3.05, 3.63) is 65.2 Å². The van der Waals surface area contributed by atoms with Crippen LogP contribution in [0.15, 0.2) is 48.5 Å². The second kappa shape index (κ2) is 6.72. The van der Waals surface area contributed by atoms with Gasteiger partial charge in [-0.25, -0.2) is 4.79 Å². The van der Waals surface area contributed by atoms with E-state index >= 15 is 0 Å². The van der Waals surface area contributed by atoms with Crippen molar-refractivity contribution in [2.45, 2.75) is 18.6 Å². The standard InChI is InChI=1S/C18H19N3O3/c1-19-17(23)11-6-8-13(9-7-11)20-18(24)21-16-14-5-3-2-4-12(14)10-15(16)22/h2-9,15-16,22H,10H2,1H3,(H,19,23)(H2,20,21,24)/t15-,16+/m1/s1. The molecular formula is C18H19N3O3. The van der Waals surface area contributed by atoms with Crippen LogP contribution in [0.4, 0.5) is 10.5 Å². The summed E-state index contributed by atoms with van der Waals surface area (Å²) in [5.41, 5.74) is 3.07. The first-order valence-electron chi connectivity index (χ1n) is 7.74. The molecule has 2 aromatic carbocycles. The van der Waals surface area contributed by atoms with Gasteiger partial charge >= 0.3 is 6.03 Å². The molecule has 3 amide bonds. The Morgan fingerprint density at radius 3 is 2.50 bits per heavy atom. The fraction of sp³-hybridized carbons (Fsp3) is 0.222. The molecule has 0 saturated carbocycles. The lowest BCUT2D eigenvalue weighted by molar-refractivity contribution is 0.0963. The average molecular weight is 325 g/mol. The maximum atomic E-state index is 12.2.